The third-order valence-corrected chi connectivity index (χ3v) is 8.70. The summed E-state index contributed by atoms with van der Waals surface area (Å²) in [6.45, 7) is 4.93. The highest BCUT2D eigenvalue weighted by molar-refractivity contribution is 7.99. The SMILES string of the molecule is CNC(=O)C(CSCCNC(=O)c1ccc(NN=C(C)C)nc1)CC(=O)CCc1ccc(Cn2c(=O)[nH]c3c(N)nc(OCCOC)nc32)cc1. The van der Waals surface area contributed by atoms with Gasteiger partial charge in [0, 0.05) is 57.0 Å². The number of nitrogens with zero attached hydrogens (tertiary/aromatic N) is 5. The number of anilines is 2. The predicted molar refractivity (Wildman–Crippen MR) is 197 cm³/mol. The third-order valence-electron chi connectivity index (χ3n) is 7.57. The fraction of sp³-hybridized carbons (Fsp3) is 0.412. The van der Waals surface area contributed by atoms with Crippen LogP contribution >= 0.6 is 11.8 Å². The predicted octanol–water partition coefficient (Wildman–Crippen LogP) is 2.40. The number of benzene rings is 1. The minimum atomic E-state index is -0.484. The number of H-pyrrole nitrogens is 1. The van der Waals surface area contributed by atoms with Crippen LogP contribution in [0, 0.1) is 5.92 Å². The first kappa shape index (κ1) is 38.5. The molecule has 17 heteroatoms. The van der Waals surface area contributed by atoms with Gasteiger partial charge in [-0.1, -0.05) is 24.3 Å². The molecule has 0 aliphatic rings. The third kappa shape index (κ3) is 11.6. The normalized spacial score (nSPS) is 11.5. The van der Waals surface area contributed by atoms with Crippen LogP contribution in [-0.4, -0.2) is 93.2 Å². The monoisotopic (exact) mass is 720 g/mol. The smallest absolute Gasteiger partial charge is 0.328 e. The van der Waals surface area contributed by atoms with Gasteiger partial charge in [0.05, 0.1) is 24.6 Å². The number of nitrogens with one attached hydrogen (secondary N) is 4. The minimum absolute atomic E-state index is 0.0158. The lowest BCUT2D eigenvalue weighted by molar-refractivity contribution is -0.128. The molecule has 272 valence electrons. The molecule has 6 N–H and O–H groups in total. The molecule has 0 aliphatic carbocycles. The molecule has 0 fully saturated rings. The number of hydrazone groups is 1. The van der Waals surface area contributed by atoms with E-state index >= 15 is 0 Å². The van der Waals surface area contributed by atoms with Crippen LogP contribution in [0.15, 0.2) is 52.5 Å². The zero-order chi connectivity index (χ0) is 36.8. The van der Waals surface area contributed by atoms with Gasteiger partial charge in [-0.05, 0) is 43.5 Å². The number of nitrogens with two attached hydrogens (primary N) is 1. The molecule has 1 atom stereocenters. The quantitative estimate of drug-likeness (QED) is 0.0505. The molecule has 0 spiro atoms. The van der Waals surface area contributed by atoms with Crippen LogP contribution in [0.3, 0.4) is 0 Å². The van der Waals surface area contributed by atoms with E-state index in [0.717, 1.165) is 16.8 Å². The van der Waals surface area contributed by atoms with Crippen LogP contribution in [0.2, 0.25) is 0 Å². The van der Waals surface area contributed by atoms with Crippen molar-refractivity contribution >= 4 is 57.9 Å². The molecule has 0 saturated heterocycles. The number of Topliss-reactive ketones (excluding diaryl/α,β-unsaturated/α-hetero) is 1. The number of ether oxygens (including phenoxy) is 2. The van der Waals surface area contributed by atoms with Crippen LogP contribution in [0.5, 0.6) is 6.01 Å². The Hall–Kier alpha value is -5.29. The number of amides is 2. The first-order valence-corrected chi connectivity index (χ1v) is 17.5. The summed E-state index contributed by atoms with van der Waals surface area (Å²) >= 11 is 1.50. The standard InChI is InChI=1S/C34H44N10O6S/c1-21(2)42-43-27-12-10-24(18-38-27)32(47)37-13-16-51-20-25(31(46)36-3)17-26(45)11-9-22-5-7-23(8-6-22)19-44-30-28(39-34(44)48)29(35)40-33(41-30)50-15-14-49-4/h5-8,10,12,18,25H,9,11,13-17,19-20H2,1-4H3,(H,36,46)(H,37,47)(H,38,43)(H,39,48)(H2,35,40,41). The van der Waals surface area contributed by atoms with Gasteiger partial charge >= 0.3 is 11.7 Å². The summed E-state index contributed by atoms with van der Waals surface area (Å²) in [5, 5.41) is 9.58. The molecular formula is C34H44N10O6S. The van der Waals surface area contributed by atoms with E-state index in [1.165, 1.54) is 22.5 Å². The Kier molecular flexibility index (Phi) is 14.5. The van der Waals surface area contributed by atoms with Crippen LogP contribution in [-0.2, 0) is 27.3 Å². The van der Waals surface area contributed by atoms with Gasteiger partial charge in [-0.2, -0.15) is 26.8 Å². The number of carbonyl (C=O) groups excluding carboxylic acids is 3. The summed E-state index contributed by atoms with van der Waals surface area (Å²) in [4.78, 5) is 66.0. The highest BCUT2D eigenvalue weighted by Gasteiger charge is 2.21. The summed E-state index contributed by atoms with van der Waals surface area (Å²) < 4.78 is 11.9. The summed E-state index contributed by atoms with van der Waals surface area (Å²) in [5.41, 5.74) is 12.2. The molecule has 51 heavy (non-hydrogen) atoms. The van der Waals surface area contributed by atoms with Crippen LogP contribution < -0.4 is 32.2 Å². The number of imidazole rings is 1. The van der Waals surface area contributed by atoms with E-state index in [0.29, 0.717) is 53.6 Å². The van der Waals surface area contributed by atoms with Crippen molar-refractivity contribution in [3.05, 3.63) is 69.8 Å². The molecule has 1 unspecified atom stereocenters. The van der Waals surface area contributed by atoms with Gasteiger partial charge in [-0.3, -0.25) is 24.4 Å². The van der Waals surface area contributed by atoms with Gasteiger partial charge in [0.25, 0.3) is 5.91 Å². The van der Waals surface area contributed by atoms with E-state index in [1.54, 1.807) is 26.3 Å². The van der Waals surface area contributed by atoms with E-state index < -0.39 is 5.92 Å². The number of hydrogen-bond donors (Lipinski definition) is 5. The van der Waals surface area contributed by atoms with Gasteiger partial charge in [0.2, 0.25) is 5.91 Å². The topological polar surface area (TPSA) is 221 Å². The van der Waals surface area contributed by atoms with Crippen LogP contribution in [0.1, 0.15) is 48.2 Å². The maximum absolute atomic E-state index is 12.9. The van der Waals surface area contributed by atoms with Crippen molar-refractivity contribution in [2.24, 2.45) is 11.0 Å². The highest BCUT2D eigenvalue weighted by atomic mass is 32.2. The van der Waals surface area contributed by atoms with E-state index in [2.05, 4.69) is 41.1 Å². The van der Waals surface area contributed by atoms with E-state index in [1.807, 2.05) is 38.1 Å². The molecule has 0 bridgehead atoms. The summed E-state index contributed by atoms with van der Waals surface area (Å²) in [7, 11) is 3.11. The number of aromatic nitrogens is 5. The Balaban J connectivity index is 1.22. The molecule has 1 aromatic carbocycles. The van der Waals surface area contributed by atoms with Gasteiger partial charge in [0.15, 0.2) is 11.5 Å². The van der Waals surface area contributed by atoms with Crippen molar-refractivity contribution in [1.29, 1.82) is 0 Å². The molecule has 4 rings (SSSR count). The van der Waals surface area contributed by atoms with Crippen LogP contribution in [0.4, 0.5) is 11.6 Å². The van der Waals surface area contributed by atoms with E-state index in [-0.39, 0.29) is 61.1 Å². The number of rotatable bonds is 20. The lowest BCUT2D eigenvalue weighted by Crippen LogP contribution is -2.31. The number of ketones is 1. The van der Waals surface area contributed by atoms with Gasteiger partial charge < -0.3 is 30.8 Å². The fourth-order valence-corrected chi connectivity index (χ4v) is 5.84. The number of nitrogen functional groups attached to an aromatic ring is 1. The largest absolute Gasteiger partial charge is 0.461 e. The first-order chi connectivity index (χ1) is 24.6. The molecular weight excluding hydrogens is 677 g/mol. The van der Waals surface area contributed by atoms with Crippen molar-refractivity contribution in [2.45, 2.75) is 39.7 Å². The van der Waals surface area contributed by atoms with E-state index in [4.69, 9.17) is 15.2 Å². The molecule has 16 nitrogen and oxygen atoms in total. The summed E-state index contributed by atoms with van der Waals surface area (Å²) in [5.74, 6) is 0.717. The number of pyridine rings is 1. The molecule has 3 heterocycles. The molecule has 0 saturated carbocycles. The Morgan fingerprint density at radius 1 is 1.08 bits per heavy atom. The van der Waals surface area contributed by atoms with Crippen molar-refractivity contribution in [2.75, 3.05) is 56.6 Å². The maximum Gasteiger partial charge on any atom is 0.328 e. The maximum atomic E-state index is 12.9. The summed E-state index contributed by atoms with van der Waals surface area (Å²) in [6.07, 6.45) is 2.39. The van der Waals surface area contributed by atoms with Gasteiger partial charge in [-0.25, -0.2) is 9.78 Å². The number of hydrogen-bond acceptors (Lipinski definition) is 13. The number of aryl methyl sites for hydroxylation is 1. The zero-order valence-corrected chi connectivity index (χ0v) is 30.0. The summed E-state index contributed by atoms with van der Waals surface area (Å²) in [6, 6.07) is 11.0. The van der Waals surface area contributed by atoms with Gasteiger partial charge in [0.1, 0.15) is 23.7 Å². The number of methoxy groups -OCH3 is 1. The number of aromatic amines is 1. The molecule has 4 aromatic rings. The molecule has 0 aliphatic heterocycles. The molecule has 0 radical (unpaired) electrons. The Labute approximate surface area is 299 Å². The lowest BCUT2D eigenvalue weighted by atomic mass is 9.98. The van der Waals surface area contributed by atoms with Crippen LogP contribution in [0.25, 0.3) is 11.2 Å². The van der Waals surface area contributed by atoms with Crippen molar-refractivity contribution in [3.8, 4) is 6.01 Å². The second-order valence-corrected chi connectivity index (χ2v) is 12.9. The van der Waals surface area contributed by atoms with Crippen molar-refractivity contribution in [3.63, 3.8) is 0 Å². The first-order valence-electron chi connectivity index (χ1n) is 16.4. The van der Waals surface area contributed by atoms with Crippen molar-refractivity contribution < 1.29 is 23.9 Å². The van der Waals surface area contributed by atoms with Crippen molar-refractivity contribution in [1.82, 2.24) is 35.1 Å². The minimum Gasteiger partial charge on any atom is -0.461 e. The average molecular weight is 721 g/mol. The highest BCUT2D eigenvalue weighted by Crippen LogP contribution is 2.20. The number of thioether (sulfide) groups is 1. The molecule has 2 amide bonds. The second-order valence-electron chi connectivity index (χ2n) is 11.8. The molecule has 3 aromatic heterocycles. The van der Waals surface area contributed by atoms with E-state index in [9.17, 15) is 19.2 Å². The Morgan fingerprint density at radius 2 is 1.84 bits per heavy atom. The second kappa shape index (κ2) is 19.2. The number of carbonyl (C=O) groups is 3. The Morgan fingerprint density at radius 3 is 2.53 bits per heavy atom. The van der Waals surface area contributed by atoms with Gasteiger partial charge in [-0.15, -0.1) is 0 Å². The number of fused-ring (bicyclic) bond motifs is 1. The Bertz CT molecular complexity index is 1870. The average Bonchev–Trinajstić information content (AvgIpc) is 3.44. The lowest BCUT2D eigenvalue weighted by Gasteiger charge is -2.15. The fourth-order valence-electron chi connectivity index (χ4n) is 4.87. The zero-order valence-electron chi connectivity index (χ0n) is 29.2.